The molecule has 3 nitrogen and oxygen atoms in total. The van der Waals surface area contributed by atoms with E-state index in [4.69, 9.17) is 0 Å². The van der Waals surface area contributed by atoms with Crippen LogP contribution in [0.2, 0.25) is 0 Å². The van der Waals surface area contributed by atoms with Crippen LogP contribution >= 0.6 is 22.6 Å². The lowest BCUT2D eigenvalue weighted by molar-refractivity contribution is -0.116. The zero-order chi connectivity index (χ0) is 24.5. The van der Waals surface area contributed by atoms with Crippen molar-refractivity contribution in [1.82, 2.24) is 0 Å². The maximum absolute atomic E-state index is 12.6. The van der Waals surface area contributed by atoms with Crippen molar-refractivity contribution in [3.05, 3.63) is 20.3 Å². The first-order valence-corrected chi connectivity index (χ1v) is 13.8. The van der Waals surface area contributed by atoms with Gasteiger partial charge < -0.3 is 5.11 Å². The van der Waals surface area contributed by atoms with Crippen LogP contribution in [0.4, 0.5) is 0 Å². The van der Waals surface area contributed by atoms with Gasteiger partial charge in [0.05, 0.1) is 9.18 Å². The van der Waals surface area contributed by atoms with Gasteiger partial charge in [-0.25, -0.2) is 0 Å². The summed E-state index contributed by atoms with van der Waals surface area (Å²) < 4.78 is 0.526. The SMILES string of the molecule is CC1=C(C)C(=O)C(CCC(C)(O)CCCC(C)CCCC(C)CCCC(C)C)=C(I)C1=O. The molecule has 0 aliphatic heterocycles. The lowest BCUT2D eigenvalue weighted by Crippen LogP contribution is -2.26. The molecule has 1 N–H and O–H groups in total. The third kappa shape index (κ3) is 10.2. The molecule has 0 bridgehead atoms. The van der Waals surface area contributed by atoms with Gasteiger partial charge in [0.25, 0.3) is 0 Å². The molecule has 32 heavy (non-hydrogen) atoms. The molecule has 0 amide bonds. The molecule has 0 radical (unpaired) electrons. The highest BCUT2D eigenvalue weighted by Gasteiger charge is 2.30. The highest BCUT2D eigenvalue weighted by Crippen LogP contribution is 2.33. The Hall–Kier alpha value is -0.490. The van der Waals surface area contributed by atoms with Gasteiger partial charge in [0.2, 0.25) is 0 Å². The van der Waals surface area contributed by atoms with Gasteiger partial charge >= 0.3 is 0 Å². The highest BCUT2D eigenvalue weighted by molar-refractivity contribution is 14.1. The van der Waals surface area contributed by atoms with E-state index >= 15 is 0 Å². The lowest BCUT2D eigenvalue weighted by atomic mass is 9.84. The summed E-state index contributed by atoms with van der Waals surface area (Å²) in [6.45, 7) is 14.6. The van der Waals surface area contributed by atoms with Crippen molar-refractivity contribution in [2.24, 2.45) is 17.8 Å². The minimum atomic E-state index is -0.804. The van der Waals surface area contributed by atoms with E-state index in [9.17, 15) is 14.7 Å². The van der Waals surface area contributed by atoms with Crippen molar-refractivity contribution in [2.45, 2.75) is 125 Å². The van der Waals surface area contributed by atoms with Crippen molar-refractivity contribution < 1.29 is 14.7 Å². The fraction of sp³-hybridized carbons (Fsp3) is 0.786. The Balaban J connectivity index is 2.32. The third-order valence-electron chi connectivity index (χ3n) is 7.18. The van der Waals surface area contributed by atoms with Crippen molar-refractivity contribution in [1.29, 1.82) is 0 Å². The Morgan fingerprint density at radius 3 is 1.78 bits per heavy atom. The first-order valence-electron chi connectivity index (χ1n) is 12.7. The van der Waals surface area contributed by atoms with Gasteiger partial charge in [-0.15, -0.1) is 0 Å². The van der Waals surface area contributed by atoms with Gasteiger partial charge in [0.1, 0.15) is 0 Å². The molecule has 3 unspecified atom stereocenters. The van der Waals surface area contributed by atoms with Crippen LogP contribution in [0.5, 0.6) is 0 Å². The molecule has 0 heterocycles. The average Bonchev–Trinajstić information content (AvgIpc) is 2.70. The smallest absolute Gasteiger partial charge is 0.195 e. The normalized spacial score (nSPS) is 19.1. The van der Waals surface area contributed by atoms with Gasteiger partial charge in [-0.1, -0.05) is 79.1 Å². The molecular weight excluding hydrogens is 511 g/mol. The molecule has 1 rings (SSSR count). The van der Waals surface area contributed by atoms with E-state index in [-0.39, 0.29) is 11.6 Å². The Morgan fingerprint density at radius 1 is 0.781 bits per heavy atom. The van der Waals surface area contributed by atoms with Crippen molar-refractivity contribution >= 4 is 34.2 Å². The number of aliphatic hydroxyl groups is 1. The van der Waals surface area contributed by atoms with E-state index in [1.54, 1.807) is 13.8 Å². The summed E-state index contributed by atoms with van der Waals surface area (Å²) in [4.78, 5) is 24.9. The fourth-order valence-electron chi connectivity index (χ4n) is 4.52. The highest BCUT2D eigenvalue weighted by atomic mass is 127. The zero-order valence-corrected chi connectivity index (χ0v) is 23.8. The van der Waals surface area contributed by atoms with E-state index in [2.05, 4.69) is 27.7 Å². The first kappa shape index (κ1) is 29.5. The summed E-state index contributed by atoms with van der Waals surface area (Å²) in [7, 11) is 0. The fourth-order valence-corrected chi connectivity index (χ4v) is 5.44. The van der Waals surface area contributed by atoms with Crippen LogP contribution in [-0.2, 0) is 9.59 Å². The molecule has 1 aliphatic carbocycles. The van der Waals surface area contributed by atoms with E-state index in [0.29, 0.717) is 39.1 Å². The predicted octanol–water partition coefficient (Wildman–Crippen LogP) is 8.13. The second kappa shape index (κ2) is 14.0. The van der Waals surface area contributed by atoms with Gasteiger partial charge in [-0.2, -0.15) is 0 Å². The van der Waals surface area contributed by atoms with Crippen LogP contribution in [0.3, 0.4) is 0 Å². The summed E-state index contributed by atoms with van der Waals surface area (Å²) in [5.41, 5.74) is 0.874. The largest absolute Gasteiger partial charge is 0.390 e. The van der Waals surface area contributed by atoms with Crippen LogP contribution in [0.15, 0.2) is 20.3 Å². The summed E-state index contributed by atoms with van der Waals surface area (Å²) in [5, 5.41) is 10.9. The Labute approximate surface area is 211 Å². The number of allylic oxidation sites excluding steroid dienone is 4. The summed E-state index contributed by atoms with van der Waals surface area (Å²) in [6, 6.07) is 0. The average molecular weight is 559 g/mol. The van der Waals surface area contributed by atoms with E-state index < -0.39 is 5.60 Å². The summed E-state index contributed by atoms with van der Waals surface area (Å²) in [5.74, 6) is 2.26. The molecule has 0 aromatic heterocycles. The standard InChI is InChI=1S/C28H47IO3/c1-19(2)11-8-12-20(3)13-9-14-21(4)15-10-17-28(7,32)18-16-24-25(29)27(31)23(6)22(5)26(24)30/h19-21,32H,8-18H2,1-7H3. The number of carbonyl (C=O) groups excluding carboxylic acids is 2. The third-order valence-corrected chi connectivity index (χ3v) is 8.32. The maximum Gasteiger partial charge on any atom is 0.195 e. The van der Waals surface area contributed by atoms with Gasteiger partial charge in [-0.3, -0.25) is 9.59 Å². The van der Waals surface area contributed by atoms with Crippen LogP contribution in [-0.4, -0.2) is 22.3 Å². The molecule has 0 saturated heterocycles. The van der Waals surface area contributed by atoms with Crippen molar-refractivity contribution in [2.75, 3.05) is 0 Å². The predicted molar refractivity (Wildman–Crippen MR) is 144 cm³/mol. The molecule has 184 valence electrons. The number of rotatable bonds is 15. The molecule has 0 spiro atoms. The zero-order valence-electron chi connectivity index (χ0n) is 21.7. The number of halogens is 1. The maximum atomic E-state index is 12.6. The Morgan fingerprint density at radius 2 is 1.25 bits per heavy atom. The minimum Gasteiger partial charge on any atom is -0.390 e. The Kier molecular flexibility index (Phi) is 13.0. The molecule has 1 aliphatic rings. The number of hydrogen-bond donors (Lipinski definition) is 1. The monoisotopic (exact) mass is 558 g/mol. The Bertz CT molecular complexity index is 699. The summed E-state index contributed by atoms with van der Waals surface area (Å²) in [6.07, 6.45) is 11.8. The summed E-state index contributed by atoms with van der Waals surface area (Å²) >= 11 is 1.99. The van der Waals surface area contributed by atoms with Gasteiger partial charge in [-0.05, 0) is 80.4 Å². The lowest BCUT2D eigenvalue weighted by Gasteiger charge is -2.26. The number of hydrogen-bond acceptors (Lipinski definition) is 3. The molecule has 3 atom stereocenters. The number of Topliss-reactive ketones (excluding diaryl/α,β-unsaturated/α-hetero) is 2. The minimum absolute atomic E-state index is 0.0330. The van der Waals surface area contributed by atoms with Gasteiger partial charge in [0.15, 0.2) is 11.6 Å². The van der Waals surface area contributed by atoms with E-state index in [1.807, 2.05) is 29.5 Å². The molecule has 0 fully saturated rings. The van der Waals surface area contributed by atoms with Crippen LogP contribution in [0, 0.1) is 17.8 Å². The number of carbonyl (C=O) groups is 2. The van der Waals surface area contributed by atoms with Crippen LogP contribution < -0.4 is 0 Å². The molecular formula is C28H47IO3. The first-order chi connectivity index (χ1) is 14.9. The molecule has 0 aromatic carbocycles. The van der Waals surface area contributed by atoms with E-state index in [0.717, 1.165) is 31.1 Å². The molecule has 0 aromatic rings. The van der Waals surface area contributed by atoms with Crippen molar-refractivity contribution in [3.8, 4) is 0 Å². The van der Waals surface area contributed by atoms with Crippen molar-refractivity contribution in [3.63, 3.8) is 0 Å². The van der Waals surface area contributed by atoms with E-state index in [1.165, 1.54) is 38.5 Å². The quantitative estimate of drug-likeness (QED) is 0.163. The number of ketones is 2. The van der Waals surface area contributed by atoms with Crippen LogP contribution in [0.25, 0.3) is 0 Å². The second-order valence-electron chi connectivity index (χ2n) is 11.1. The molecule has 0 saturated carbocycles. The van der Waals surface area contributed by atoms with Gasteiger partial charge in [0, 0.05) is 16.7 Å². The topological polar surface area (TPSA) is 54.4 Å². The van der Waals surface area contributed by atoms with Crippen LogP contribution in [0.1, 0.15) is 119 Å². The second-order valence-corrected chi connectivity index (χ2v) is 12.1. The molecule has 4 heteroatoms.